The molecule has 118 valence electrons. The Bertz CT molecular complexity index is 477. The molecule has 3 N–H and O–H groups in total. The third-order valence-electron chi connectivity index (χ3n) is 3.53. The van der Waals surface area contributed by atoms with Crippen LogP contribution < -0.4 is 10.5 Å². The summed E-state index contributed by atoms with van der Waals surface area (Å²) in [6.45, 7) is 8.99. The summed E-state index contributed by atoms with van der Waals surface area (Å²) in [4.78, 5) is 2.28. The van der Waals surface area contributed by atoms with Crippen molar-refractivity contribution < 1.29 is 14.6 Å². The number of ether oxygens (including phenoxy) is 2. The Morgan fingerprint density at radius 2 is 2.24 bits per heavy atom. The summed E-state index contributed by atoms with van der Waals surface area (Å²) < 4.78 is 11.5. The zero-order chi connectivity index (χ0) is 15.5. The fourth-order valence-corrected chi connectivity index (χ4v) is 2.89. The molecule has 1 aromatic carbocycles. The second kappa shape index (κ2) is 6.64. The smallest absolute Gasteiger partial charge is 0.123 e. The Kier molecular flexibility index (Phi) is 5.08. The largest absolute Gasteiger partial charge is 0.494 e. The van der Waals surface area contributed by atoms with Crippen molar-refractivity contribution in [1.82, 2.24) is 4.90 Å². The second-order valence-corrected chi connectivity index (χ2v) is 6.15. The number of aliphatic hydroxyl groups excluding tert-OH is 1. The molecule has 1 aliphatic rings. The molecule has 0 aliphatic carbocycles. The summed E-state index contributed by atoms with van der Waals surface area (Å²) in [6.07, 6.45) is -0.148. The molecular weight excluding hydrogens is 268 g/mol. The van der Waals surface area contributed by atoms with Crippen molar-refractivity contribution in [2.45, 2.75) is 39.0 Å². The van der Waals surface area contributed by atoms with Gasteiger partial charge in [0.15, 0.2) is 0 Å². The normalized spacial score (nSPS) is 22.2. The number of nitrogens with zero attached hydrogens (tertiary/aromatic N) is 1. The van der Waals surface area contributed by atoms with E-state index in [0.29, 0.717) is 13.2 Å². The van der Waals surface area contributed by atoms with Gasteiger partial charge in [0.05, 0.1) is 24.9 Å². The summed E-state index contributed by atoms with van der Waals surface area (Å²) in [5, 5.41) is 9.39. The van der Waals surface area contributed by atoms with E-state index in [9.17, 15) is 5.11 Å². The van der Waals surface area contributed by atoms with E-state index < -0.39 is 0 Å². The van der Waals surface area contributed by atoms with Crippen LogP contribution >= 0.6 is 0 Å². The third kappa shape index (κ3) is 4.33. The van der Waals surface area contributed by atoms with Crippen LogP contribution in [-0.2, 0) is 11.3 Å². The fraction of sp³-hybridized carbons (Fsp3) is 0.625. The monoisotopic (exact) mass is 294 g/mol. The lowest BCUT2D eigenvalue weighted by Gasteiger charge is -2.42. The molecule has 0 aromatic heterocycles. The van der Waals surface area contributed by atoms with Crippen molar-refractivity contribution in [3.05, 3.63) is 23.8 Å². The highest BCUT2D eigenvalue weighted by Crippen LogP contribution is 2.27. The average Bonchev–Trinajstić information content (AvgIpc) is 2.40. The minimum Gasteiger partial charge on any atom is -0.494 e. The SMILES string of the molecule is CCOc1ccc(N)cc1CN1CC(CO)OC(C)(C)C1. The van der Waals surface area contributed by atoms with Gasteiger partial charge in [-0.3, -0.25) is 4.90 Å². The molecule has 21 heavy (non-hydrogen) atoms. The van der Waals surface area contributed by atoms with E-state index in [0.717, 1.165) is 30.1 Å². The van der Waals surface area contributed by atoms with Gasteiger partial charge < -0.3 is 20.3 Å². The minimum absolute atomic E-state index is 0.0369. The van der Waals surface area contributed by atoms with Crippen LogP contribution in [0.1, 0.15) is 26.3 Å². The molecule has 1 fully saturated rings. The first-order valence-corrected chi connectivity index (χ1v) is 7.45. The van der Waals surface area contributed by atoms with Gasteiger partial charge in [0.25, 0.3) is 0 Å². The topological polar surface area (TPSA) is 68.0 Å². The van der Waals surface area contributed by atoms with Crippen LogP contribution in [0.25, 0.3) is 0 Å². The molecule has 1 atom stereocenters. The number of nitrogens with two attached hydrogens (primary N) is 1. The molecule has 1 aliphatic heterocycles. The predicted octanol–water partition coefficient (Wildman–Crippen LogP) is 1.64. The van der Waals surface area contributed by atoms with Crippen LogP contribution in [-0.4, -0.2) is 48.0 Å². The van der Waals surface area contributed by atoms with Crippen LogP contribution in [0.3, 0.4) is 0 Å². The van der Waals surface area contributed by atoms with Gasteiger partial charge in [-0.05, 0) is 39.0 Å². The first-order chi connectivity index (χ1) is 9.93. The number of aliphatic hydroxyl groups is 1. The molecule has 0 bridgehead atoms. The minimum atomic E-state index is -0.266. The summed E-state index contributed by atoms with van der Waals surface area (Å²) in [7, 11) is 0. The molecule has 1 aromatic rings. The Morgan fingerprint density at radius 1 is 1.48 bits per heavy atom. The Hall–Kier alpha value is -1.30. The van der Waals surface area contributed by atoms with E-state index in [1.54, 1.807) is 0 Å². The lowest BCUT2D eigenvalue weighted by molar-refractivity contribution is -0.150. The van der Waals surface area contributed by atoms with E-state index in [2.05, 4.69) is 4.90 Å². The second-order valence-electron chi connectivity index (χ2n) is 6.15. The number of benzene rings is 1. The van der Waals surface area contributed by atoms with E-state index in [1.807, 2.05) is 39.0 Å². The van der Waals surface area contributed by atoms with Crippen LogP contribution in [0.15, 0.2) is 18.2 Å². The number of morpholine rings is 1. The van der Waals surface area contributed by atoms with Crippen LogP contribution in [0.2, 0.25) is 0 Å². The van der Waals surface area contributed by atoms with Gasteiger partial charge in [-0.2, -0.15) is 0 Å². The van der Waals surface area contributed by atoms with Gasteiger partial charge in [-0.25, -0.2) is 0 Å². The number of anilines is 1. The third-order valence-corrected chi connectivity index (χ3v) is 3.53. The maximum Gasteiger partial charge on any atom is 0.123 e. The first kappa shape index (κ1) is 16.1. The van der Waals surface area contributed by atoms with Gasteiger partial charge in [0, 0.05) is 30.9 Å². The van der Waals surface area contributed by atoms with E-state index in [1.165, 1.54) is 0 Å². The molecule has 0 spiro atoms. The maximum atomic E-state index is 9.39. The molecule has 1 heterocycles. The highest BCUT2D eigenvalue weighted by molar-refractivity contribution is 5.47. The number of hydrogen-bond donors (Lipinski definition) is 2. The van der Waals surface area contributed by atoms with Crippen molar-refractivity contribution >= 4 is 5.69 Å². The van der Waals surface area contributed by atoms with Crippen LogP contribution in [0.5, 0.6) is 5.75 Å². The molecule has 0 amide bonds. The molecular formula is C16H26N2O3. The Balaban J connectivity index is 2.14. The Labute approximate surface area is 126 Å². The highest BCUT2D eigenvalue weighted by Gasteiger charge is 2.33. The van der Waals surface area contributed by atoms with Gasteiger partial charge in [-0.1, -0.05) is 0 Å². The highest BCUT2D eigenvalue weighted by atomic mass is 16.5. The van der Waals surface area contributed by atoms with Gasteiger partial charge in [0.1, 0.15) is 5.75 Å². The quantitative estimate of drug-likeness (QED) is 0.808. The summed E-state index contributed by atoms with van der Waals surface area (Å²) >= 11 is 0. The lowest BCUT2D eigenvalue weighted by Crippen LogP contribution is -2.53. The van der Waals surface area contributed by atoms with Gasteiger partial charge in [0.2, 0.25) is 0 Å². The van der Waals surface area contributed by atoms with Crippen molar-refractivity contribution in [2.24, 2.45) is 0 Å². The maximum absolute atomic E-state index is 9.39. The van der Waals surface area contributed by atoms with E-state index in [4.69, 9.17) is 15.2 Å². The Morgan fingerprint density at radius 3 is 2.90 bits per heavy atom. The summed E-state index contributed by atoms with van der Waals surface area (Å²) in [5.41, 5.74) is 7.44. The van der Waals surface area contributed by atoms with Crippen molar-refractivity contribution in [3.8, 4) is 5.75 Å². The predicted molar refractivity (Wildman–Crippen MR) is 83.3 cm³/mol. The fourth-order valence-electron chi connectivity index (χ4n) is 2.89. The molecule has 2 rings (SSSR count). The summed E-state index contributed by atoms with van der Waals surface area (Å²) in [5.74, 6) is 0.872. The van der Waals surface area contributed by atoms with Crippen molar-refractivity contribution in [2.75, 3.05) is 32.0 Å². The molecule has 5 heteroatoms. The van der Waals surface area contributed by atoms with Gasteiger partial charge >= 0.3 is 0 Å². The lowest BCUT2D eigenvalue weighted by atomic mass is 10.0. The van der Waals surface area contributed by atoms with Crippen molar-refractivity contribution in [3.63, 3.8) is 0 Å². The zero-order valence-electron chi connectivity index (χ0n) is 13.1. The average molecular weight is 294 g/mol. The van der Waals surface area contributed by atoms with E-state index >= 15 is 0 Å². The molecule has 0 radical (unpaired) electrons. The molecule has 1 unspecified atom stereocenters. The first-order valence-electron chi connectivity index (χ1n) is 7.45. The standard InChI is InChI=1S/C16H26N2O3/c1-4-20-15-6-5-13(17)7-12(15)8-18-9-14(10-19)21-16(2,3)11-18/h5-7,14,19H,4,8-11,17H2,1-3H3. The zero-order valence-corrected chi connectivity index (χ0v) is 13.1. The van der Waals surface area contributed by atoms with E-state index in [-0.39, 0.29) is 18.3 Å². The van der Waals surface area contributed by atoms with Crippen LogP contribution in [0, 0.1) is 0 Å². The van der Waals surface area contributed by atoms with Gasteiger partial charge in [-0.15, -0.1) is 0 Å². The number of rotatable bonds is 5. The van der Waals surface area contributed by atoms with Crippen LogP contribution in [0.4, 0.5) is 5.69 Å². The number of nitrogen functional groups attached to an aromatic ring is 1. The molecule has 1 saturated heterocycles. The molecule has 0 saturated carbocycles. The number of hydrogen-bond acceptors (Lipinski definition) is 5. The summed E-state index contributed by atoms with van der Waals surface area (Å²) in [6, 6.07) is 5.74. The molecule has 5 nitrogen and oxygen atoms in total. The van der Waals surface area contributed by atoms with Crippen molar-refractivity contribution in [1.29, 1.82) is 0 Å².